The summed E-state index contributed by atoms with van der Waals surface area (Å²) in [6, 6.07) is 21.0. The predicted molar refractivity (Wildman–Crippen MR) is 133 cm³/mol. The van der Waals surface area contributed by atoms with Crippen molar-refractivity contribution >= 4 is 34.0 Å². The molecule has 1 fully saturated rings. The third kappa shape index (κ3) is 4.98. The van der Waals surface area contributed by atoms with E-state index in [4.69, 9.17) is 4.98 Å². The molecule has 168 valence electrons. The first-order valence-corrected chi connectivity index (χ1v) is 12.2. The Kier molecular flexibility index (Phi) is 6.21. The Morgan fingerprint density at radius 3 is 2.64 bits per heavy atom. The zero-order chi connectivity index (χ0) is 22.6. The van der Waals surface area contributed by atoms with Crippen LogP contribution in [0.15, 0.2) is 71.6 Å². The lowest BCUT2D eigenvalue weighted by Crippen LogP contribution is -2.40. The van der Waals surface area contributed by atoms with E-state index in [2.05, 4.69) is 70.5 Å². The normalized spacial score (nSPS) is 14.5. The van der Waals surface area contributed by atoms with E-state index in [1.54, 1.807) is 5.51 Å². The Hall–Kier alpha value is -3.45. The summed E-state index contributed by atoms with van der Waals surface area (Å²) in [5, 5.41) is 14.0. The maximum Gasteiger partial charge on any atom is 0.407 e. The lowest BCUT2D eigenvalue weighted by Gasteiger charge is -2.34. The summed E-state index contributed by atoms with van der Waals surface area (Å²) in [4.78, 5) is 24.7. The number of piperidine rings is 1. The van der Waals surface area contributed by atoms with Gasteiger partial charge in [0.15, 0.2) is 0 Å². The van der Waals surface area contributed by atoms with E-state index in [0.29, 0.717) is 19.0 Å². The van der Waals surface area contributed by atoms with Gasteiger partial charge in [0.25, 0.3) is 0 Å². The number of anilines is 1. The minimum absolute atomic E-state index is 0.347. The van der Waals surface area contributed by atoms with Crippen molar-refractivity contribution in [3.63, 3.8) is 0 Å². The van der Waals surface area contributed by atoms with Gasteiger partial charge in [-0.25, -0.2) is 14.8 Å². The molecule has 0 atom stereocenters. The Bertz CT molecular complexity index is 1240. The molecule has 0 aliphatic carbocycles. The minimum atomic E-state index is -0.879. The summed E-state index contributed by atoms with van der Waals surface area (Å²) in [7, 11) is 0. The number of hydrogen-bond donors (Lipinski definition) is 1. The van der Waals surface area contributed by atoms with Crippen molar-refractivity contribution in [3.8, 4) is 11.3 Å². The van der Waals surface area contributed by atoms with E-state index < -0.39 is 6.09 Å². The fourth-order valence-electron chi connectivity index (χ4n) is 4.49. The fraction of sp³-hybridized carbons (Fsp3) is 0.269. The van der Waals surface area contributed by atoms with Gasteiger partial charge in [0.2, 0.25) is 0 Å². The van der Waals surface area contributed by atoms with Crippen LogP contribution in [0.1, 0.15) is 18.5 Å². The molecule has 1 aliphatic rings. The number of fused-ring (bicyclic) bond motifs is 1. The minimum Gasteiger partial charge on any atom is -0.465 e. The number of nitrogens with zero attached hydrogens (tertiary/aromatic N) is 4. The molecule has 6 nitrogen and oxygen atoms in total. The number of amides is 1. The Labute approximate surface area is 197 Å². The largest absolute Gasteiger partial charge is 0.465 e. The van der Waals surface area contributed by atoms with Crippen LogP contribution in [-0.2, 0) is 6.54 Å². The molecule has 0 spiro atoms. The van der Waals surface area contributed by atoms with Gasteiger partial charge < -0.3 is 14.9 Å². The first-order valence-electron chi connectivity index (χ1n) is 11.2. The van der Waals surface area contributed by atoms with Crippen molar-refractivity contribution < 1.29 is 9.90 Å². The molecule has 1 N–H and O–H groups in total. The lowest BCUT2D eigenvalue weighted by atomic mass is 9.96. The van der Waals surface area contributed by atoms with Crippen molar-refractivity contribution in [2.75, 3.05) is 24.5 Å². The van der Waals surface area contributed by atoms with E-state index >= 15 is 0 Å². The topological polar surface area (TPSA) is 69.6 Å². The molecule has 1 amide bonds. The van der Waals surface area contributed by atoms with Gasteiger partial charge in [0.05, 0.1) is 23.4 Å². The van der Waals surface area contributed by atoms with E-state index in [9.17, 15) is 9.90 Å². The van der Waals surface area contributed by atoms with Gasteiger partial charge in [-0.2, -0.15) is 0 Å². The highest BCUT2D eigenvalue weighted by atomic mass is 32.1. The highest BCUT2D eigenvalue weighted by molar-refractivity contribution is 7.07. The summed E-state index contributed by atoms with van der Waals surface area (Å²) in [5.41, 5.74) is 4.65. The first kappa shape index (κ1) is 21.4. The van der Waals surface area contributed by atoms with Crippen LogP contribution in [0.4, 0.5) is 10.6 Å². The number of aromatic nitrogens is 2. The molecule has 2 aromatic carbocycles. The second kappa shape index (κ2) is 9.58. The molecule has 1 saturated heterocycles. The summed E-state index contributed by atoms with van der Waals surface area (Å²) in [5.74, 6) is 1.33. The van der Waals surface area contributed by atoms with Crippen LogP contribution >= 0.6 is 11.3 Å². The second-order valence-electron chi connectivity index (χ2n) is 8.52. The van der Waals surface area contributed by atoms with E-state index in [0.717, 1.165) is 48.7 Å². The van der Waals surface area contributed by atoms with Crippen molar-refractivity contribution in [2.45, 2.75) is 19.4 Å². The summed E-state index contributed by atoms with van der Waals surface area (Å²) < 4.78 is 0. The Morgan fingerprint density at radius 1 is 1.06 bits per heavy atom. The molecular weight excluding hydrogens is 432 g/mol. The van der Waals surface area contributed by atoms with Gasteiger partial charge in [-0.3, -0.25) is 0 Å². The highest BCUT2D eigenvalue weighted by Gasteiger charge is 2.25. The van der Waals surface area contributed by atoms with Crippen LogP contribution in [-0.4, -0.2) is 45.7 Å². The van der Waals surface area contributed by atoms with E-state index in [-0.39, 0.29) is 0 Å². The van der Waals surface area contributed by atoms with Crippen LogP contribution in [0.25, 0.3) is 22.0 Å². The predicted octanol–water partition coefficient (Wildman–Crippen LogP) is 5.75. The zero-order valence-electron chi connectivity index (χ0n) is 18.3. The number of hydrogen-bond acceptors (Lipinski definition) is 5. The Morgan fingerprint density at radius 2 is 1.88 bits per heavy atom. The molecule has 1 aliphatic heterocycles. The number of pyridine rings is 1. The maximum absolute atomic E-state index is 11.7. The van der Waals surface area contributed by atoms with Crippen LogP contribution in [0.2, 0.25) is 0 Å². The number of benzene rings is 2. The molecule has 33 heavy (non-hydrogen) atoms. The van der Waals surface area contributed by atoms with Crippen molar-refractivity contribution in [1.82, 2.24) is 14.9 Å². The molecule has 5 rings (SSSR count). The summed E-state index contributed by atoms with van der Waals surface area (Å²) in [6.07, 6.45) is 1.01. The molecule has 2 aromatic heterocycles. The van der Waals surface area contributed by atoms with Crippen molar-refractivity contribution in [2.24, 2.45) is 5.92 Å². The molecule has 0 unspecified atom stereocenters. The van der Waals surface area contributed by atoms with E-state index in [1.165, 1.54) is 27.0 Å². The first-order chi connectivity index (χ1) is 16.2. The summed E-state index contributed by atoms with van der Waals surface area (Å²) in [6.45, 7) is 2.66. The smallest absolute Gasteiger partial charge is 0.407 e. The van der Waals surface area contributed by atoms with Crippen LogP contribution in [0, 0.1) is 5.92 Å². The number of thiazole rings is 1. The SMILES string of the molecule is O=C(O)N(Cc1cscn1)CC1CCN(c2cccc(-c3ccc4ccccc4c3)n2)CC1. The highest BCUT2D eigenvalue weighted by Crippen LogP contribution is 2.27. The number of rotatable bonds is 6. The summed E-state index contributed by atoms with van der Waals surface area (Å²) >= 11 is 1.49. The van der Waals surface area contributed by atoms with Gasteiger partial charge in [-0.05, 0) is 47.7 Å². The lowest BCUT2D eigenvalue weighted by molar-refractivity contribution is 0.129. The average molecular weight is 459 g/mol. The molecule has 0 radical (unpaired) electrons. The van der Waals surface area contributed by atoms with Crippen LogP contribution in [0.3, 0.4) is 0 Å². The van der Waals surface area contributed by atoms with Gasteiger partial charge in [0.1, 0.15) is 5.82 Å². The molecular formula is C26H26N4O2S. The monoisotopic (exact) mass is 458 g/mol. The van der Waals surface area contributed by atoms with Crippen molar-refractivity contribution in [1.29, 1.82) is 0 Å². The van der Waals surface area contributed by atoms with Gasteiger partial charge in [-0.15, -0.1) is 11.3 Å². The molecule has 7 heteroatoms. The Balaban J connectivity index is 1.24. The van der Waals surface area contributed by atoms with Gasteiger partial charge >= 0.3 is 6.09 Å². The van der Waals surface area contributed by atoms with Crippen LogP contribution < -0.4 is 4.90 Å². The number of carboxylic acid groups (broad SMARTS) is 1. The van der Waals surface area contributed by atoms with Gasteiger partial charge in [0, 0.05) is 30.6 Å². The molecule has 0 bridgehead atoms. The molecule has 0 saturated carbocycles. The fourth-order valence-corrected chi connectivity index (χ4v) is 5.04. The van der Waals surface area contributed by atoms with Crippen molar-refractivity contribution in [3.05, 3.63) is 77.2 Å². The van der Waals surface area contributed by atoms with E-state index in [1.807, 2.05) is 5.38 Å². The standard InChI is InChI=1S/C26H26N4O2S/c31-26(32)30(16-23-17-33-18-27-23)15-19-10-12-29(13-11-19)25-7-3-6-24(28-25)22-9-8-20-4-1-2-5-21(20)14-22/h1-9,14,17-19H,10-13,15-16H2,(H,31,32). The second-order valence-corrected chi connectivity index (χ2v) is 9.23. The molecule has 4 aromatic rings. The number of carbonyl (C=O) groups is 1. The third-order valence-electron chi connectivity index (χ3n) is 6.30. The quantitative estimate of drug-likeness (QED) is 0.398. The van der Waals surface area contributed by atoms with Gasteiger partial charge in [-0.1, -0.05) is 42.5 Å². The van der Waals surface area contributed by atoms with Crippen LogP contribution in [0.5, 0.6) is 0 Å². The molecule has 3 heterocycles. The maximum atomic E-state index is 11.7. The average Bonchev–Trinajstić information content (AvgIpc) is 3.37. The zero-order valence-corrected chi connectivity index (χ0v) is 19.1. The third-order valence-corrected chi connectivity index (χ3v) is 6.94.